The molecule has 0 radical (unpaired) electrons. The predicted octanol–water partition coefficient (Wildman–Crippen LogP) is 1.75. The molecule has 1 atom stereocenters. The zero-order chi connectivity index (χ0) is 13.7. The summed E-state index contributed by atoms with van der Waals surface area (Å²) in [6, 6.07) is 5.43. The van der Waals surface area contributed by atoms with Gasteiger partial charge in [0.05, 0.1) is 18.8 Å². The summed E-state index contributed by atoms with van der Waals surface area (Å²) >= 11 is 0. The molecular weight excluding hydrogens is 230 g/mol. The number of nitrogens with one attached hydrogen (secondary N) is 1. The van der Waals surface area contributed by atoms with Crippen LogP contribution in [0.4, 0.5) is 0 Å². The maximum absolute atomic E-state index is 12.0. The summed E-state index contributed by atoms with van der Waals surface area (Å²) in [7, 11) is 1.53. The second-order valence-electron chi connectivity index (χ2n) is 4.73. The van der Waals surface area contributed by atoms with Gasteiger partial charge in [0, 0.05) is 6.54 Å². The molecule has 1 aromatic rings. The Labute approximate surface area is 108 Å². The number of hydrogen-bond donors (Lipinski definition) is 2. The van der Waals surface area contributed by atoms with Gasteiger partial charge in [-0.25, -0.2) is 0 Å². The van der Waals surface area contributed by atoms with Crippen molar-refractivity contribution >= 4 is 5.91 Å². The van der Waals surface area contributed by atoms with Crippen LogP contribution in [0.2, 0.25) is 0 Å². The van der Waals surface area contributed by atoms with Crippen LogP contribution in [0.25, 0.3) is 0 Å². The number of rotatable bonds is 5. The lowest BCUT2D eigenvalue weighted by Crippen LogP contribution is -2.34. The first kappa shape index (κ1) is 14.5. The normalized spacial score (nSPS) is 12.3. The smallest absolute Gasteiger partial charge is 0.255 e. The van der Waals surface area contributed by atoms with Crippen molar-refractivity contribution in [3.63, 3.8) is 0 Å². The van der Waals surface area contributed by atoms with E-state index in [2.05, 4.69) is 5.32 Å². The molecule has 1 aromatic carbocycles. The van der Waals surface area contributed by atoms with Crippen LogP contribution in [-0.4, -0.2) is 30.8 Å². The van der Waals surface area contributed by atoms with E-state index in [4.69, 9.17) is 4.74 Å². The highest BCUT2D eigenvalue weighted by molar-refractivity contribution is 5.97. The monoisotopic (exact) mass is 251 g/mol. The van der Waals surface area contributed by atoms with Gasteiger partial charge in [-0.05, 0) is 25.0 Å². The Morgan fingerprint density at radius 3 is 2.67 bits per heavy atom. The molecule has 1 unspecified atom stereocenters. The summed E-state index contributed by atoms with van der Waals surface area (Å²) in [5.74, 6) is 0.428. The van der Waals surface area contributed by atoms with Crippen molar-refractivity contribution in [2.45, 2.75) is 26.9 Å². The van der Waals surface area contributed by atoms with Crippen LogP contribution in [-0.2, 0) is 0 Å². The molecule has 4 heteroatoms. The van der Waals surface area contributed by atoms with Crippen LogP contribution >= 0.6 is 0 Å². The Kier molecular flexibility index (Phi) is 5.16. The van der Waals surface area contributed by atoms with Gasteiger partial charge in [-0.15, -0.1) is 0 Å². The lowest BCUT2D eigenvalue weighted by atomic mass is 10.1. The minimum absolute atomic E-state index is 0.115. The van der Waals surface area contributed by atoms with E-state index < -0.39 is 6.10 Å². The van der Waals surface area contributed by atoms with Crippen LogP contribution in [0.3, 0.4) is 0 Å². The Hall–Kier alpha value is -1.55. The van der Waals surface area contributed by atoms with Gasteiger partial charge in [0.25, 0.3) is 5.91 Å². The molecule has 0 saturated carbocycles. The maximum atomic E-state index is 12.0. The molecule has 0 heterocycles. The second kappa shape index (κ2) is 6.40. The molecule has 1 amide bonds. The Balaban J connectivity index is 2.75. The van der Waals surface area contributed by atoms with Gasteiger partial charge in [-0.3, -0.25) is 4.79 Å². The third-order valence-electron chi connectivity index (χ3n) is 2.84. The summed E-state index contributed by atoms with van der Waals surface area (Å²) in [6.45, 7) is 5.97. The summed E-state index contributed by atoms with van der Waals surface area (Å²) in [4.78, 5) is 12.0. The van der Waals surface area contributed by atoms with Crippen molar-refractivity contribution in [3.05, 3.63) is 29.3 Å². The van der Waals surface area contributed by atoms with Crippen LogP contribution < -0.4 is 10.1 Å². The number of aliphatic hydroxyl groups is 1. The number of benzene rings is 1. The number of ether oxygens (including phenoxy) is 1. The van der Waals surface area contributed by atoms with E-state index in [1.54, 1.807) is 12.1 Å². The number of carbonyl (C=O) groups is 1. The number of carbonyl (C=O) groups excluding carboxylic acids is 1. The summed E-state index contributed by atoms with van der Waals surface area (Å²) in [5.41, 5.74) is 1.49. The first-order valence-electron chi connectivity index (χ1n) is 6.06. The van der Waals surface area contributed by atoms with Crippen LogP contribution in [0.1, 0.15) is 29.8 Å². The number of amides is 1. The van der Waals surface area contributed by atoms with Gasteiger partial charge in [0.1, 0.15) is 5.75 Å². The minimum atomic E-state index is -0.537. The lowest BCUT2D eigenvalue weighted by molar-refractivity contribution is 0.0869. The van der Waals surface area contributed by atoms with Gasteiger partial charge < -0.3 is 15.2 Å². The first-order chi connectivity index (χ1) is 8.45. The molecule has 4 nitrogen and oxygen atoms in total. The van der Waals surface area contributed by atoms with Crippen molar-refractivity contribution in [3.8, 4) is 5.75 Å². The van der Waals surface area contributed by atoms with Crippen molar-refractivity contribution in [1.29, 1.82) is 0 Å². The summed E-state index contributed by atoms with van der Waals surface area (Å²) < 4.78 is 5.15. The number of hydrogen-bond acceptors (Lipinski definition) is 3. The van der Waals surface area contributed by atoms with Crippen LogP contribution in [0.15, 0.2) is 18.2 Å². The zero-order valence-corrected chi connectivity index (χ0v) is 11.4. The molecule has 1 rings (SSSR count). The SMILES string of the molecule is COc1ccc(C)cc1C(=O)NCC(O)C(C)C. The topological polar surface area (TPSA) is 58.6 Å². The third-order valence-corrected chi connectivity index (χ3v) is 2.84. The molecule has 100 valence electrons. The van der Waals surface area contributed by atoms with E-state index in [1.807, 2.05) is 26.8 Å². The molecule has 0 aliphatic rings. The second-order valence-corrected chi connectivity index (χ2v) is 4.73. The van der Waals surface area contributed by atoms with E-state index in [9.17, 15) is 9.90 Å². The van der Waals surface area contributed by atoms with Gasteiger partial charge in [0.15, 0.2) is 0 Å². The Morgan fingerprint density at radius 2 is 2.11 bits per heavy atom. The third kappa shape index (κ3) is 3.74. The van der Waals surface area contributed by atoms with E-state index in [0.29, 0.717) is 11.3 Å². The highest BCUT2D eigenvalue weighted by Gasteiger charge is 2.15. The van der Waals surface area contributed by atoms with Crippen LogP contribution in [0.5, 0.6) is 5.75 Å². The van der Waals surface area contributed by atoms with E-state index in [-0.39, 0.29) is 18.4 Å². The van der Waals surface area contributed by atoms with Gasteiger partial charge in [-0.2, -0.15) is 0 Å². The summed E-state index contributed by atoms with van der Waals surface area (Å²) in [5, 5.41) is 12.4. The molecule has 0 saturated heterocycles. The fraction of sp³-hybridized carbons (Fsp3) is 0.500. The van der Waals surface area contributed by atoms with E-state index in [1.165, 1.54) is 7.11 Å². The van der Waals surface area contributed by atoms with Crippen molar-refractivity contribution in [2.24, 2.45) is 5.92 Å². The average Bonchev–Trinajstić information content (AvgIpc) is 2.35. The molecule has 0 aromatic heterocycles. The lowest BCUT2D eigenvalue weighted by Gasteiger charge is -2.16. The number of aliphatic hydroxyl groups excluding tert-OH is 1. The highest BCUT2D eigenvalue weighted by atomic mass is 16.5. The van der Waals surface area contributed by atoms with Crippen molar-refractivity contribution in [1.82, 2.24) is 5.32 Å². The fourth-order valence-corrected chi connectivity index (χ4v) is 1.53. The van der Waals surface area contributed by atoms with Crippen LogP contribution in [0, 0.1) is 12.8 Å². The van der Waals surface area contributed by atoms with Crippen molar-refractivity contribution in [2.75, 3.05) is 13.7 Å². The van der Waals surface area contributed by atoms with E-state index in [0.717, 1.165) is 5.56 Å². The molecule has 0 bridgehead atoms. The molecule has 0 aliphatic heterocycles. The van der Waals surface area contributed by atoms with Crippen molar-refractivity contribution < 1.29 is 14.6 Å². The highest BCUT2D eigenvalue weighted by Crippen LogP contribution is 2.19. The number of methoxy groups -OCH3 is 1. The average molecular weight is 251 g/mol. The molecule has 0 aliphatic carbocycles. The van der Waals surface area contributed by atoms with Gasteiger partial charge >= 0.3 is 0 Å². The minimum Gasteiger partial charge on any atom is -0.496 e. The number of aryl methyl sites for hydroxylation is 1. The molecule has 0 spiro atoms. The van der Waals surface area contributed by atoms with E-state index >= 15 is 0 Å². The van der Waals surface area contributed by atoms with Gasteiger partial charge in [0.2, 0.25) is 0 Å². The maximum Gasteiger partial charge on any atom is 0.255 e. The fourth-order valence-electron chi connectivity index (χ4n) is 1.53. The quantitative estimate of drug-likeness (QED) is 0.838. The Bertz CT molecular complexity index is 416. The first-order valence-corrected chi connectivity index (χ1v) is 6.06. The molecule has 2 N–H and O–H groups in total. The molecule has 18 heavy (non-hydrogen) atoms. The largest absolute Gasteiger partial charge is 0.496 e. The van der Waals surface area contributed by atoms with Gasteiger partial charge in [-0.1, -0.05) is 25.5 Å². The Morgan fingerprint density at radius 1 is 1.44 bits per heavy atom. The predicted molar refractivity (Wildman–Crippen MR) is 70.9 cm³/mol. The molecule has 0 fully saturated rings. The zero-order valence-electron chi connectivity index (χ0n) is 11.4. The summed E-state index contributed by atoms with van der Waals surface area (Å²) in [6.07, 6.45) is -0.537. The molecular formula is C14H21NO3. The standard InChI is InChI=1S/C14H21NO3/c1-9(2)12(16)8-15-14(17)11-7-10(3)5-6-13(11)18-4/h5-7,9,12,16H,8H2,1-4H3,(H,15,17).